The Morgan fingerprint density at radius 1 is 0.875 bits per heavy atom. The largest absolute Gasteiger partial charge is 0.416 e. The van der Waals surface area contributed by atoms with Crippen molar-refractivity contribution in [3.8, 4) is 0 Å². The number of rotatable bonds is 11. The minimum atomic E-state index is -4.89. The van der Waals surface area contributed by atoms with Gasteiger partial charge in [0.05, 0.1) is 30.1 Å². The summed E-state index contributed by atoms with van der Waals surface area (Å²) in [6.07, 6.45) is -9.29. The van der Waals surface area contributed by atoms with Crippen molar-refractivity contribution in [2.75, 3.05) is 19.9 Å². The molecule has 0 heterocycles. The molecule has 0 aliphatic rings. The minimum Gasteiger partial charge on any atom is -0.377 e. The monoisotopic (exact) mass is 463 g/mol. The van der Waals surface area contributed by atoms with Gasteiger partial charge >= 0.3 is 12.4 Å². The van der Waals surface area contributed by atoms with E-state index in [-0.39, 0.29) is 24.5 Å². The average molecular weight is 463 g/mol. The number of halogens is 6. The van der Waals surface area contributed by atoms with E-state index in [0.717, 1.165) is 12.8 Å². The molecule has 0 saturated carbocycles. The first-order valence-electron chi connectivity index (χ1n) is 10.3. The number of hydrogen-bond donors (Lipinski definition) is 1. The van der Waals surface area contributed by atoms with Crippen LogP contribution in [0.25, 0.3) is 0 Å². The first-order chi connectivity index (χ1) is 15.0. The number of aryl methyl sites for hydroxylation is 1. The molecule has 2 rings (SSSR count). The first kappa shape index (κ1) is 26.2. The van der Waals surface area contributed by atoms with Gasteiger partial charge in [0.25, 0.3) is 0 Å². The molecule has 9 heteroatoms. The number of nitrogens with one attached hydrogen (secondary N) is 1. The zero-order valence-corrected chi connectivity index (χ0v) is 17.9. The lowest BCUT2D eigenvalue weighted by atomic mass is 10.0. The Labute approximate surface area is 183 Å². The van der Waals surface area contributed by atoms with Crippen LogP contribution in [0.2, 0.25) is 0 Å². The van der Waals surface area contributed by atoms with Crippen molar-refractivity contribution in [3.63, 3.8) is 0 Å². The van der Waals surface area contributed by atoms with Crippen LogP contribution in [0.4, 0.5) is 26.3 Å². The highest BCUT2D eigenvalue weighted by molar-refractivity contribution is 5.34. The van der Waals surface area contributed by atoms with Gasteiger partial charge in [0.1, 0.15) is 0 Å². The van der Waals surface area contributed by atoms with Gasteiger partial charge in [0, 0.05) is 13.2 Å². The van der Waals surface area contributed by atoms with E-state index in [0.29, 0.717) is 25.3 Å². The van der Waals surface area contributed by atoms with Crippen LogP contribution in [0.3, 0.4) is 0 Å². The normalized spacial score (nSPS) is 14.4. The van der Waals surface area contributed by atoms with Gasteiger partial charge in [-0.15, -0.1) is 0 Å². The van der Waals surface area contributed by atoms with E-state index in [2.05, 4.69) is 5.32 Å². The fraction of sp³-hybridized carbons (Fsp3) is 0.478. The molecule has 0 aliphatic carbocycles. The van der Waals surface area contributed by atoms with Crippen LogP contribution < -0.4 is 5.32 Å². The smallest absolute Gasteiger partial charge is 0.377 e. The third-order valence-electron chi connectivity index (χ3n) is 4.89. The van der Waals surface area contributed by atoms with Crippen LogP contribution in [-0.2, 0) is 28.2 Å². The SMILES string of the molecule is CCOC(CCc1ccccc1)CNCO[C@H](C)c1cc(C(F)(F)F)cc(C(F)(F)F)c1. The molecule has 0 radical (unpaired) electrons. The van der Waals surface area contributed by atoms with Crippen LogP contribution in [0.15, 0.2) is 48.5 Å². The highest BCUT2D eigenvalue weighted by Crippen LogP contribution is 2.37. The third-order valence-corrected chi connectivity index (χ3v) is 4.89. The maximum atomic E-state index is 13.0. The Morgan fingerprint density at radius 2 is 1.47 bits per heavy atom. The summed E-state index contributed by atoms with van der Waals surface area (Å²) in [4.78, 5) is 0. The second kappa shape index (κ2) is 11.7. The lowest BCUT2D eigenvalue weighted by molar-refractivity contribution is -0.143. The van der Waals surface area contributed by atoms with E-state index < -0.39 is 29.6 Å². The molecule has 32 heavy (non-hydrogen) atoms. The summed E-state index contributed by atoms with van der Waals surface area (Å²) >= 11 is 0. The van der Waals surface area contributed by atoms with Gasteiger partial charge in [-0.1, -0.05) is 30.3 Å². The predicted molar refractivity (Wildman–Crippen MR) is 109 cm³/mol. The van der Waals surface area contributed by atoms with Crippen molar-refractivity contribution in [1.82, 2.24) is 5.32 Å². The maximum Gasteiger partial charge on any atom is 0.416 e. The molecular weight excluding hydrogens is 436 g/mol. The molecule has 0 aliphatic heterocycles. The summed E-state index contributed by atoms with van der Waals surface area (Å²) in [5.74, 6) is 0. The highest BCUT2D eigenvalue weighted by atomic mass is 19.4. The zero-order chi connectivity index (χ0) is 23.8. The molecule has 0 saturated heterocycles. The van der Waals surface area contributed by atoms with E-state index >= 15 is 0 Å². The molecule has 0 bridgehead atoms. The molecule has 2 aromatic rings. The van der Waals surface area contributed by atoms with Crippen LogP contribution >= 0.6 is 0 Å². The highest BCUT2D eigenvalue weighted by Gasteiger charge is 2.37. The molecule has 0 fully saturated rings. The van der Waals surface area contributed by atoms with Crippen LogP contribution in [-0.4, -0.2) is 26.0 Å². The molecule has 2 atom stereocenters. The fourth-order valence-corrected chi connectivity index (χ4v) is 3.17. The number of benzene rings is 2. The quantitative estimate of drug-likeness (QED) is 0.238. The molecule has 1 N–H and O–H groups in total. The average Bonchev–Trinajstić information content (AvgIpc) is 2.74. The Hall–Kier alpha value is -2.10. The second-order valence-electron chi connectivity index (χ2n) is 7.35. The summed E-state index contributed by atoms with van der Waals surface area (Å²) in [7, 11) is 0. The zero-order valence-electron chi connectivity index (χ0n) is 17.9. The van der Waals surface area contributed by atoms with Gasteiger partial charge in [0.15, 0.2) is 0 Å². The van der Waals surface area contributed by atoms with Crippen molar-refractivity contribution in [2.24, 2.45) is 0 Å². The van der Waals surface area contributed by atoms with Gasteiger partial charge in [-0.3, -0.25) is 5.32 Å². The van der Waals surface area contributed by atoms with Crippen molar-refractivity contribution in [3.05, 3.63) is 70.8 Å². The van der Waals surface area contributed by atoms with E-state index in [1.54, 1.807) is 0 Å². The lowest BCUT2D eigenvalue weighted by Gasteiger charge is -2.20. The number of ether oxygens (including phenoxy) is 2. The molecule has 1 unspecified atom stereocenters. The molecule has 3 nitrogen and oxygen atoms in total. The number of hydrogen-bond acceptors (Lipinski definition) is 3. The Bertz CT molecular complexity index is 791. The summed E-state index contributed by atoms with van der Waals surface area (Å²) in [5, 5.41) is 3.01. The van der Waals surface area contributed by atoms with Crippen LogP contribution in [0.5, 0.6) is 0 Å². The molecule has 0 spiro atoms. The van der Waals surface area contributed by atoms with Gasteiger partial charge in [-0.25, -0.2) is 0 Å². The van der Waals surface area contributed by atoms with E-state index in [1.807, 2.05) is 37.3 Å². The lowest BCUT2D eigenvalue weighted by Crippen LogP contribution is -2.31. The summed E-state index contributed by atoms with van der Waals surface area (Å²) in [6, 6.07) is 11.4. The Kier molecular flexibility index (Phi) is 9.54. The predicted octanol–water partition coefficient (Wildman–Crippen LogP) is 6.39. The molecule has 178 valence electrons. The molecular formula is C23H27F6NO2. The van der Waals surface area contributed by atoms with Gasteiger partial charge in [-0.05, 0) is 56.0 Å². The topological polar surface area (TPSA) is 30.5 Å². The molecule has 2 aromatic carbocycles. The molecule has 0 aromatic heterocycles. The van der Waals surface area contributed by atoms with Crippen molar-refractivity contribution in [1.29, 1.82) is 0 Å². The Morgan fingerprint density at radius 3 is 2.00 bits per heavy atom. The van der Waals surface area contributed by atoms with E-state index in [9.17, 15) is 26.3 Å². The second-order valence-corrected chi connectivity index (χ2v) is 7.35. The summed E-state index contributed by atoms with van der Waals surface area (Å²) < 4.78 is 89.3. The van der Waals surface area contributed by atoms with Crippen molar-refractivity contribution in [2.45, 2.75) is 51.2 Å². The van der Waals surface area contributed by atoms with Crippen molar-refractivity contribution < 1.29 is 35.8 Å². The summed E-state index contributed by atoms with van der Waals surface area (Å²) in [5.41, 5.74) is -1.74. The fourth-order valence-electron chi connectivity index (χ4n) is 3.17. The van der Waals surface area contributed by atoms with Gasteiger partial charge in [0.2, 0.25) is 0 Å². The Balaban J connectivity index is 1.92. The van der Waals surface area contributed by atoms with Crippen LogP contribution in [0.1, 0.15) is 48.6 Å². The first-order valence-corrected chi connectivity index (χ1v) is 10.3. The standard InChI is InChI=1S/C23H27F6NO2/c1-3-31-21(10-9-17-7-5-4-6-8-17)14-30-15-32-16(2)18-11-19(22(24,25)26)13-20(12-18)23(27,28)29/h4-8,11-13,16,21,30H,3,9-10,14-15H2,1-2H3/t16-,21?/m1/s1. The molecule has 0 amide bonds. The van der Waals surface area contributed by atoms with Gasteiger partial charge in [-0.2, -0.15) is 26.3 Å². The maximum absolute atomic E-state index is 13.0. The number of alkyl halides is 6. The van der Waals surface area contributed by atoms with Crippen LogP contribution in [0, 0.1) is 0 Å². The van der Waals surface area contributed by atoms with Crippen molar-refractivity contribution >= 4 is 0 Å². The van der Waals surface area contributed by atoms with Gasteiger partial charge < -0.3 is 9.47 Å². The third kappa shape index (κ3) is 8.44. The van der Waals surface area contributed by atoms with E-state index in [1.165, 1.54) is 12.5 Å². The summed E-state index contributed by atoms with van der Waals surface area (Å²) in [6.45, 7) is 4.19. The minimum absolute atomic E-state index is 0.0479. The van der Waals surface area contributed by atoms with E-state index in [4.69, 9.17) is 9.47 Å².